The molecule has 3 aromatic rings. The molecule has 3 aromatic carbocycles. The predicted molar refractivity (Wildman–Crippen MR) is 118 cm³/mol. The van der Waals surface area contributed by atoms with E-state index in [1.807, 2.05) is 6.07 Å². The number of carbonyl (C=O) groups is 2. The van der Waals surface area contributed by atoms with E-state index in [2.05, 4.69) is 10.6 Å². The molecule has 0 aromatic heterocycles. The summed E-state index contributed by atoms with van der Waals surface area (Å²) >= 11 is 12.1. The van der Waals surface area contributed by atoms with Crippen molar-refractivity contribution in [3.63, 3.8) is 0 Å². The molecule has 3 rings (SSSR count). The van der Waals surface area contributed by atoms with Crippen LogP contribution in [0.3, 0.4) is 0 Å². The fourth-order valence-electron chi connectivity index (χ4n) is 2.75. The average molecular weight is 445 g/mol. The molecule has 0 saturated carbocycles. The van der Waals surface area contributed by atoms with Crippen LogP contribution in [0.1, 0.15) is 20.7 Å². The fourth-order valence-corrected chi connectivity index (χ4v) is 3.13. The minimum atomic E-state index is -0.469. The van der Waals surface area contributed by atoms with Crippen LogP contribution in [0.15, 0.2) is 60.7 Å². The zero-order valence-electron chi connectivity index (χ0n) is 16.2. The van der Waals surface area contributed by atoms with Gasteiger partial charge in [0.05, 0.1) is 41.2 Å². The monoisotopic (exact) mass is 444 g/mol. The van der Waals surface area contributed by atoms with Gasteiger partial charge in [-0.25, -0.2) is 0 Å². The van der Waals surface area contributed by atoms with Crippen LogP contribution in [-0.2, 0) is 0 Å². The molecule has 0 aliphatic carbocycles. The predicted octanol–water partition coefficient (Wildman–Crippen LogP) is 5.52. The summed E-state index contributed by atoms with van der Waals surface area (Å²) in [4.78, 5) is 25.2. The van der Waals surface area contributed by atoms with Gasteiger partial charge in [-0.3, -0.25) is 9.59 Å². The molecule has 0 radical (unpaired) electrons. The number of anilines is 2. The second-order valence-electron chi connectivity index (χ2n) is 6.13. The molecule has 0 aliphatic heterocycles. The quantitative estimate of drug-likeness (QED) is 0.524. The Hall–Kier alpha value is -3.22. The van der Waals surface area contributed by atoms with Crippen molar-refractivity contribution in [1.82, 2.24) is 0 Å². The molecule has 2 N–H and O–H groups in total. The van der Waals surface area contributed by atoms with Crippen LogP contribution >= 0.6 is 23.2 Å². The number of hydrogen-bond acceptors (Lipinski definition) is 4. The van der Waals surface area contributed by atoms with Gasteiger partial charge >= 0.3 is 0 Å². The molecule has 0 atom stereocenters. The van der Waals surface area contributed by atoms with E-state index in [1.54, 1.807) is 54.6 Å². The Kier molecular flexibility index (Phi) is 6.82. The number of benzene rings is 3. The van der Waals surface area contributed by atoms with Crippen LogP contribution in [0.5, 0.6) is 11.5 Å². The van der Waals surface area contributed by atoms with Crippen molar-refractivity contribution in [2.75, 3.05) is 24.9 Å². The number of ether oxygens (including phenoxy) is 2. The average Bonchev–Trinajstić information content (AvgIpc) is 2.76. The van der Waals surface area contributed by atoms with E-state index < -0.39 is 5.91 Å². The smallest absolute Gasteiger partial charge is 0.257 e. The third kappa shape index (κ3) is 4.67. The molecule has 6 nitrogen and oxygen atoms in total. The van der Waals surface area contributed by atoms with Gasteiger partial charge in [-0.1, -0.05) is 47.5 Å². The zero-order chi connectivity index (χ0) is 21.7. The largest absolute Gasteiger partial charge is 0.494 e. The standard InChI is InChI=1S/C22H18Cl2N2O4/c1-29-18-12-17(26-22(28)14-9-6-10-15(23)20(14)24)19(30-2)11-16(18)25-21(27)13-7-4-3-5-8-13/h3-12H,1-2H3,(H,25,27)(H,26,28). The van der Waals surface area contributed by atoms with Gasteiger partial charge in [-0.2, -0.15) is 0 Å². The summed E-state index contributed by atoms with van der Waals surface area (Å²) < 4.78 is 10.8. The SMILES string of the molecule is COc1cc(NC(=O)c2cccc(Cl)c2Cl)c(OC)cc1NC(=O)c1ccccc1. The van der Waals surface area contributed by atoms with Gasteiger partial charge in [0.25, 0.3) is 11.8 Å². The van der Waals surface area contributed by atoms with Crippen molar-refractivity contribution in [2.45, 2.75) is 0 Å². The summed E-state index contributed by atoms with van der Waals surface area (Å²) in [6.45, 7) is 0. The van der Waals surface area contributed by atoms with Gasteiger partial charge in [0.15, 0.2) is 0 Å². The van der Waals surface area contributed by atoms with E-state index in [9.17, 15) is 9.59 Å². The van der Waals surface area contributed by atoms with Gasteiger partial charge in [0.1, 0.15) is 11.5 Å². The van der Waals surface area contributed by atoms with Gasteiger partial charge < -0.3 is 20.1 Å². The lowest BCUT2D eigenvalue weighted by Gasteiger charge is -2.16. The number of carbonyl (C=O) groups excluding carboxylic acids is 2. The Morgan fingerprint density at radius 1 is 0.767 bits per heavy atom. The minimum absolute atomic E-state index is 0.148. The first-order valence-corrected chi connectivity index (χ1v) is 9.58. The maximum absolute atomic E-state index is 12.7. The molecule has 0 fully saturated rings. The van der Waals surface area contributed by atoms with Crippen LogP contribution in [0.2, 0.25) is 10.0 Å². The molecular weight excluding hydrogens is 427 g/mol. The van der Waals surface area contributed by atoms with Gasteiger partial charge in [0, 0.05) is 17.7 Å². The summed E-state index contributed by atoms with van der Waals surface area (Å²) in [5, 5.41) is 5.94. The summed E-state index contributed by atoms with van der Waals surface area (Å²) in [5.74, 6) is -0.111. The van der Waals surface area contributed by atoms with Crippen molar-refractivity contribution < 1.29 is 19.1 Å². The number of hydrogen-bond donors (Lipinski definition) is 2. The lowest BCUT2D eigenvalue weighted by molar-refractivity contribution is 0.101. The van der Waals surface area contributed by atoms with Crippen LogP contribution in [0.25, 0.3) is 0 Å². The first-order valence-electron chi connectivity index (χ1n) is 8.82. The molecule has 0 bridgehead atoms. The van der Waals surface area contributed by atoms with Crippen molar-refractivity contribution in [3.05, 3.63) is 81.8 Å². The first kappa shape index (κ1) is 21.5. The third-order valence-corrected chi connectivity index (χ3v) is 5.07. The fraction of sp³-hybridized carbons (Fsp3) is 0.0909. The highest BCUT2D eigenvalue weighted by atomic mass is 35.5. The third-order valence-electron chi connectivity index (χ3n) is 4.25. The lowest BCUT2D eigenvalue weighted by Crippen LogP contribution is -2.15. The number of methoxy groups -OCH3 is 2. The van der Waals surface area contributed by atoms with E-state index in [-0.39, 0.29) is 21.5 Å². The van der Waals surface area contributed by atoms with E-state index in [0.717, 1.165) is 0 Å². The molecule has 8 heteroatoms. The molecule has 0 aliphatic rings. The van der Waals surface area contributed by atoms with Gasteiger partial charge in [-0.05, 0) is 24.3 Å². The number of halogens is 2. The Morgan fingerprint density at radius 2 is 1.33 bits per heavy atom. The van der Waals surface area contributed by atoms with E-state index in [0.29, 0.717) is 28.4 Å². The molecule has 0 heterocycles. The van der Waals surface area contributed by atoms with Crippen LogP contribution < -0.4 is 20.1 Å². The molecule has 0 unspecified atom stereocenters. The Morgan fingerprint density at radius 3 is 1.90 bits per heavy atom. The molecule has 2 amide bonds. The molecule has 154 valence electrons. The van der Waals surface area contributed by atoms with E-state index in [1.165, 1.54) is 14.2 Å². The molecule has 30 heavy (non-hydrogen) atoms. The minimum Gasteiger partial charge on any atom is -0.494 e. The van der Waals surface area contributed by atoms with E-state index >= 15 is 0 Å². The second kappa shape index (κ2) is 9.52. The molecular formula is C22H18Cl2N2O4. The summed E-state index contributed by atoms with van der Waals surface area (Å²) in [5.41, 5.74) is 1.44. The molecule has 0 spiro atoms. The summed E-state index contributed by atoms with van der Waals surface area (Å²) in [7, 11) is 2.91. The van der Waals surface area contributed by atoms with Crippen molar-refractivity contribution in [2.24, 2.45) is 0 Å². The second-order valence-corrected chi connectivity index (χ2v) is 6.91. The Balaban J connectivity index is 1.90. The highest BCUT2D eigenvalue weighted by molar-refractivity contribution is 6.44. The molecule has 0 saturated heterocycles. The Labute approximate surface area is 183 Å². The number of rotatable bonds is 6. The maximum Gasteiger partial charge on any atom is 0.257 e. The topological polar surface area (TPSA) is 76.7 Å². The van der Waals surface area contributed by atoms with Crippen LogP contribution in [0.4, 0.5) is 11.4 Å². The highest BCUT2D eigenvalue weighted by Crippen LogP contribution is 2.37. The summed E-state index contributed by atoms with van der Waals surface area (Å²) in [6, 6.07) is 16.7. The Bertz CT molecular complexity index is 1090. The van der Waals surface area contributed by atoms with Gasteiger partial charge in [-0.15, -0.1) is 0 Å². The lowest BCUT2D eigenvalue weighted by atomic mass is 10.1. The van der Waals surface area contributed by atoms with Crippen molar-refractivity contribution in [1.29, 1.82) is 0 Å². The number of amides is 2. The first-order chi connectivity index (χ1) is 14.4. The van der Waals surface area contributed by atoms with E-state index in [4.69, 9.17) is 32.7 Å². The zero-order valence-corrected chi connectivity index (χ0v) is 17.7. The normalized spacial score (nSPS) is 10.3. The maximum atomic E-state index is 12.7. The highest BCUT2D eigenvalue weighted by Gasteiger charge is 2.18. The van der Waals surface area contributed by atoms with Crippen molar-refractivity contribution >= 4 is 46.4 Å². The van der Waals surface area contributed by atoms with Crippen LogP contribution in [-0.4, -0.2) is 26.0 Å². The van der Waals surface area contributed by atoms with Gasteiger partial charge in [0.2, 0.25) is 0 Å². The van der Waals surface area contributed by atoms with Crippen molar-refractivity contribution in [3.8, 4) is 11.5 Å². The van der Waals surface area contributed by atoms with Crippen LogP contribution in [0, 0.1) is 0 Å². The summed E-state index contributed by atoms with van der Waals surface area (Å²) in [6.07, 6.45) is 0. The number of nitrogens with one attached hydrogen (secondary N) is 2.